The predicted octanol–water partition coefficient (Wildman–Crippen LogP) is 4.60. The lowest BCUT2D eigenvalue weighted by molar-refractivity contribution is -0.383. The molecular formula is C21H24N4O2. The van der Waals surface area contributed by atoms with E-state index in [0.717, 1.165) is 30.7 Å². The van der Waals surface area contributed by atoms with Crippen LogP contribution in [0.3, 0.4) is 0 Å². The van der Waals surface area contributed by atoms with E-state index in [1.54, 1.807) is 18.5 Å². The van der Waals surface area contributed by atoms with E-state index in [0.29, 0.717) is 11.9 Å². The van der Waals surface area contributed by atoms with Crippen molar-refractivity contribution in [3.8, 4) is 0 Å². The number of nitro benzene ring substituents is 1. The van der Waals surface area contributed by atoms with Gasteiger partial charge < -0.3 is 5.32 Å². The summed E-state index contributed by atoms with van der Waals surface area (Å²) in [5.74, 6) is 0. The van der Waals surface area contributed by atoms with E-state index >= 15 is 0 Å². The van der Waals surface area contributed by atoms with E-state index in [1.807, 2.05) is 12.1 Å². The molecule has 27 heavy (non-hydrogen) atoms. The molecule has 0 aliphatic rings. The minimum absolute atomic E-state index is 0.0746. The van der Waals surface area contributed by atoms with Crippen molar-refractivity contribution in [1.82, 2.24) is 9.88 Å². The van der Waals surface area contributed by atoms with Gasteiger partial charge in [0.15, 0.2) is 0 Å². The molecule has 0 aliphatic carbocycles. The smallest absolute Gasteiger partial charge is 0.278 e. The molecule has 2 aromatic carbocycles. The zero-order chi connectivity index (χ0) is 19.2. The van der Waals surface area contributed by atoms with Crippen LogP contribution in [0.25, 0.3) is 10.8 Å². The van der Waals surface area contributed by atoms with E-state index in [4.69, 9.17) is 0 Å². The summed E-state index contributed by atoms with van der Waals surface area (Å²) in [4.78, 5) is 17.3. The maximum absolute atomic E-state index is 11.3. The van der Waals surface area contributed by atoms with Crippen molar-refractivity contribution < 1.29 is 4.92 Å². The number of hydrogen-bond acceptors (Lipinski definition) is 5. The molecule has 0 aliphatic heterocycles. The van der Waals surface area contributed by atoms with Gasteiger partial charge in [0.1, 0.15) is 0 Å². The molecule has 1 N–H and O–H groups in total. The van der Waals surface area contributed by atoms with Crippen LogP contribution in [-0.2, 0) is 13.1 Å². The topological polar surface area (TPSA) is 71.3 Å². The van der Waals surface area contributed by atoms with Gasteiger partial charge in [0, 0.05) is 42.6 Å². The number of nitrogens with zero attached hydrogens (tertiary/aromatic N) is 3. The molecule has 0 unspecified atom stereocenters. The van der Waals surface area contributed by atoms with Crippen LogP contribution in [0.1, 0.15) is 25.0 Å². The molecule has 0 saturated carbocycles. The van der Waals surface area contributed by atoms with Crippen LogP contribution in [-0.4, -0.2) is 27.9 Å². The van der Waals surface area contributed by atoms with Crippen molar-refractivity contribution in [1.29, 1.82) is 0 Å². The lowest BCUT2D eigenvalue weighted by Gasteiger charge is -2.20. The average Bonchev–Trinajstić information content (AvgIpc) is 2.70. The molecule has 0 amide bonds. The highest BCUT2D eigenvalue weighted by atomic mass is 16.6. The molecule has 140 valence electrons. The summed E-state index contributed by atoms with van der Waals surface area (Å²) >= 11 is 0. The molecule has 6 heteroatoms. The summed E-state index contributed by atoms with van der Waals surface area (Å²) < 4.78 is 0. The first-order valence-electron chi connectivity index (χ1n) is 9.18. The number of anilines is 1. The number of pyridine rings is 1. The van der Waals surface area contributed by atoms with Crippen LogP contribution in [0.15, 0.2) is 54.9 Å². The van der Waals surface area contributed by atoms with Crippen molar-refractivity contribution >= 4 is 22.1 Å². The van der Waals surface area contributed by atoms with E-state index < -0.39 is 0 Å². The fourth-order valence-corrected chi connectivity index (χ4v) is 3.25. The van der Waals surface area contributed by atoms with Gasteiger partial charge in [-0.05, 0) is 36.3 Å². The molecule has 3 rings (SSSR count). The van der Waals surface area contributed by atoms with E-state index in [9.17, 15) is 10.1 Å². The summed E-state index contributed by atoms with van der Waals surface area (Å²) in [5, 5.41) is 16.1. The van der Waals surface area contributed by atoms with Crippen LogP contribution in [0, 0.1) is 10.1 Å². The van der Waals surface area contributed by atoms with E-state index in [1.165, 1.54) is 17.2 Å². The van der Waals surface area contributed by atoms with Gasteiger partial charge in [0.25, 0.3) is 5.69 Å². The van der Waals surface area contributed by atoms with Gasteiger partial charge in [-0.25, -0.2) is 0 Å². The van der Waals surface area contributed by atoms with Gasteiger partial charge in [-0.3, -0.25) is 20.0 Å². The predicted molar refractivity (Wildman–Crippen MR) is 109 cm³/mol. The first kappa shape index (κ1) is 18.8. The molecule has 0 saturated heterocycles. The van der Waals surface area contributed by atoms with E-state index in [2.05, 4.69) is 47.2 Å². The Morgan fingerprint density at radius 3 is 2.48 bits per heavy atom. The number of nitro groups is 1. The highest BCUT2D eigenvalue weighted by Crippen LogP contribution is 2.31. The van der Waals surface area contributed by atoms with Crippen LogP contribution >= 0.6 is 0 Å². The largest absolute Gasteiger partial charge is 0.380 e. The van der Waals surface area contributed by atoms with Crippen molar-refractivity contribution in [2.24, 2.45) is 0 Å². The minimum atomic E-state index is -0.368. The number of fused-ring (bicyclic) bond motifs is 1. The average molecular weight is 364 g/mol. The monoisotopic (exact) mass is 364 g/mol. The molecule has 0 atom stereocenters. The first-order valence-corrected chi connectivity index (χ1v) is 9.18. The van der Waals surface area contributed by atoms with Crippen molar-refractivity contribution in [2.75, 3.05) is 18.4 Å². The lowest BCUT2D eigenvalue weighted by atomic mass is 10.1. The Morgan fingerprint density at radius 2 is 1.78 bits per heavy atom. The second-order valence-corrected chi connectivity index (χ2v) is 6.39. The van der Waals surface area contributed by atoms with Gasteiger partial charge in [0.2, 0.25) is 0 Å². The van der Waals surface area contributed by atoms with Gasteiger partial charge in [-0.15, -0.1) is 0 Å². The third kappa shape index (κ3) is 4.23. The Morgan fingerprint density at radius 1 is 1.04 bits per heavy atom. The summed E-state index contributed by atoms with van der Waals surface area (Å²) in [6, 6.07) is 13.5. The molecule has 0 radical (unpaired) electrons. The van der Waals surface area contributed by atoms with Crippen LogP contribution in [0.5, 0.6) is 0 Å². The Kier molecular flexibility index (Phi) is 5.98. The molecule has 1 aromatic heterocycles. The molecule has 0 spiro atoms. The second kappa shape index (κ2) is 8.60. The van der Waals surface area contributed by atoms with Gasteiger partial charge in [-0.2, -0.15) is 0 Å². The van der Waals surface area contributed by atoms with Crippen molar-refractivity contribution in [2.45, 2.75) is 26.9 Å². The Balaban J connectivity index is 1.86. The Labute approximate surface area is 159 Å². The Hall–Kier alpha value is -2.99. The zero-order valence-corrected chi connectivity index (χ0v) is 15.7. The van der Waals surface area contributed by atoms with E-state index in [-0.39, 0.29) is 10.6 Å². The summed E-state index contributed by atoms with van der Waals surface area (Å²) in [5.41, 5.74) is 3.47. The summed E-state index contributed by atoms with van der Waals surface area (Å²) in [6.45, 7) is 7.93. The molecule has 0 fully saturated rings. The fourth-order valence-electron chi connectivity index (χ4n) is 3.25. The minimum Gasteiger partial charge on any atom is -0.380 e. The molecule has 0 bridgehead atoms. The first-order chi connectivity index (χ1) is 13.1. The molecule has 1 heterocycles. The number of hydrogen-bond donors (Lipinski definition) is 1. The highest BCUT2D eigenvalue weighted by Gasteiger charge is 2.14. The quantitative estimate of drug-likeness (QED) is 0.467. The molecule has 6 nitrogen and oxygen atoms in total. The van der Waals surface area contributed by atoms with Crippen LogP contribution < -0.4 is 5.32 Å². The lowest BCUT2D eigenvalue weighted by Crippen LogP contribution is -2.23. The molecular weight excluding hydrogens is 340 g/mol. The van der Waals surface area contributed by atoms with Gasteiger partial charge in [0.05, 0.1) is 10.3 Å². The molecule has 3 aromatic rings. The maximum Gasteiger partial charge on any atom is 0.278 e. The maximum atomic E-state index is 11.3. The van der Waals surface area contributed by atoms with Gasteiger partial charge in [-0.1, -0.05) is 38.1 Å². The standard InChI is InChI=1S/C21H24N4O2/c1-3-24(4-2)15-17-8-6-5-7-16(17)13-23-20-9-10-21(25(26)27)19-14-22-12-11-18(19)20/h5-12,14,23H,3-4,13,15H2,1-2H3. The third-order valence-corrected chi connectivity index (χ3v) is 4.87. The Bertz CT molecular complexity index is 938. The normalized spacial score (nSPS) is 11.1. The number of non-ortho nitro benzene ring substituents is 1. The fraction of sp³-hybridized carbons (Fsp3) is 0.286. The van der Waals surface area contributed by atoms with Crippen LogP contribution in [0.2, 0.25) is 0 Å². The number of aromatic nitrogens is 1. The SMILES string of the molecule is CCN(CC)Cc1ccccc1CNc1ccc([N+](=O)[O-])c2cnccc12. The van der Waals surface area contributed by atoms with Gasteiger partial charge >= 0.3 is 0 Å². The zero-order valence-electron chi connectivity index (χ0n) is 15.7. The third-order valence-electron chi connectivity index (χ3n) is 4.87. The van der Waals surface area contributed by atoms with Crippen molar-refractivity contribution in [3.63, 3.8) is 0 Å². The summed E-state index contributed by atoms with van der Waals surface area (Å²) in [6.07, 6.45) is 3.21. The number of benzene rings is 2. The van der Waals surface area contributed by atoms with Crippen LogP contribution in [0.4, 0.5) is 11.4 Å². The summed E-state index contributed by atoms with van der Waals surface area (Å²) in [7, 11) is 0. The number of nitrogens with one attached hydrogen (secondary N) is 1. The second-order valence-electron chi connectivity index (χ2n) is 6.39. The highest BCUT2D eigenvalue weighted by molar-refractivity contribution is 5.99. The van der Waals surface area contributed by atoms with Crippen molar-refractivity contribution in [3.05, 3.63) is 76.1 Å². The number of rotatable bonds is 8.